The van der Waals surface area contributed by atoms with Crippen LogP contribution in [0.1, 0.15) is 22.9 Å². The number of nitrogens with two attached hydrogens (primary N) is 1. The normalized spacial score (nSPS) is 14.7. The zero-order valence-electron chi connectivity index (χ0n) is 9.73. The molecular formula is C14H17NS. The lowest BCUT2D eigenvalue weighted by molar-refractivity contribution is 0.492. The zero-order valence-corrected chi connectivity index (χ0v) is 10.6. The van der Waals surface area contributed by atoms with Crippen LogP contribution >= 0.6 is 11.3 Å². The summed E-state index contributed by atoms with van der Waals surface area (Å²) < 4.78 is 0. The second-order valence-corrected chi connectivity index (χ2v) is 5.52. The van der Waals surface area contributed by atoms with Crippen molar-refractivity contribution in [3.05, 3.63) is 57.8 Å². The molecule has 16 heavy (non-hydrogen) atoms. The van der Waals surface area contributed by atoms with E-state index in [1.165, 1.54) is 16.0 Å². The van der Waals surface area contributed by atoms with E-state index in [2.05, 4.69) is 55.6 Å². The Hall–Kier alpha value is -1.12. The first-order valence-electron chi connectivity index (χ1n) is 5.47. The van der Waals surface area contributed by atoms with Gasteiger partial charge in [0.05, 0.1) is 0 Å². The van der Waals surface area contributed by atoms with Gasteiger partial charge in [-0.3, -0.25) is 0 Å². The molecule has 1 unspecified atom stereocenters. The third-order valence-corrected chi connectivity index (χ3v) is 3.76. The third kappa shape index (κ3) is 2.34. The van der Waals surface area contributed by atoms with E-state index in [1.54, 1.807) is 11.3 Å². The molecule has 1 heterocycles. The number of hydrogen-bond donors (Lipinski definition) is 1. The molecule has 1 aromatic heterocycles. The molecule has 1 atom stereocenters. The van der Waals surface area contributed by atoms with E-state index >= 15 is 0 Å². The van der Waals surface area contributed by atoms with Gasteiger partial charge in [-0.25, -0.2) is 0 Å². The van der Waals surface area contributed by atoms with E-state index in [-0.39, 0.29) is 5.54 Å². The topological polar surface area (TPSA) is 26.0 Å². The first-order chi connectivity index (χ1) is 7.59. The summed E-state index contributed by atoms with van der Waals surface area (Å²) in [4.78, 5) is 1.34. The fourth-order valence-corrected chi connectivity index (χ4v) is 2.96. The molecule has 0 bridgehead atoms. The van der Waals surface area contributed by atoms with Crippen molar-refractivity contribution in [2.24, 2.45) is 5.73 Å². The van der Waals surface area contributed by atoms with Crippen molar-refractivity contribution in [2.75, 3.05) is 0 Å². The smallest absolute Gasteiger partial charge is 0.0432 e. The molecule has 0 aliphatic carbocycles. The van der Waals surface area contributed by atoms with E-state index in [1.807, 2.05) is 0 Å². The number of benzene rings is 1. The Morgan fingerprint density at radius 3 is 2.56 bits per heavy atom. The van der Waals surface area contributed by atoms with Crippen LogP contribution in [-0.2, 0) is 12.0 Å². The Morgan fingerprint density at radius 2 is 1.94 bits per heavy atom. The standard InChI is InChI=1S/C14H17NS/c1-11-6-3-4-8-13(11)14(2,15)10-12-7-5-9-16-12/h3-9H,10,15H2,1-2H3. The Balaban J connectivity index is 2.28. The largest absolute Gasteiger partial charge is 0.321 e. The molecule has 1 nitrogen and oxygen atoms in total. The minimum absolute atomic E-state index is 0.282. The highest BCUT2D eigenvalue weighted by molar-refractivity contribution is 7.09. The maximum absolute atomic E-state index is 6.44. The van der Waals surface area contributed by atoms with Crippen molar-refractivity contribution in [3.63, 3.8) is 0 Å². The maximum atomic E-state index is 6.44. The second kappa shape index (κ2) is 4.40. The summed E-state index contributed by atoms with van der Waals surface area (Å²) in [6, 6.07) is 12.6. The van der Waals surface area contributed by atoms with Gasteiger partial charge in [0, 0.05) is 16.8 Å². The van der Waals surface area contributed by atoms with Gasteiger partial charge in [-0.15, -0.1) is 11.3 Å². The molecule has 0 amide bonds. The van der Waals surface area contributed by atoms with Crippen LogP contribution in [0.3, 0.4) is 0 Å². The average Bonchev–Trinajstić information content (AvgIpc) is 2.70. The molecule has 0 fully saturated rings. The van der Waals surface area contributed by atoms with Gasteiger partial charge >= 0.3 is 0 Å². The van der Waals surface area contributed by atoms with Crippen LogP contribution < -0.4 is 5.73 Å². The molecule has 2 aromatic rings. The minimum atomic E-state index is -0.282. The molecule has 0 saturated carbocycles. The van der Waals surface area contributed by atoms with E-state index < -0.39 is 0 Å². The van der Waals surface area contributed by atoms with Gasteiger partial charge in [-0.2, -0.15) is 0 Å². The van der Waals surface area contributed by atoms with E-state index in [9.17, 15) is 0 Å². The van der Waals surface area contributed by atoms with Crippen LogP contribution in [0.15, 0.2) is 41.8 Å². The van der Waals surface area contributed by atoms with Crippen LogP contribution in [0.5, 0.6) is 0 Å². The van der Waals surface area contributed by atoms with Gasteiger partial charge in [0.1, 0.15) is 0 Å². The van der Waals surface area contributed by atoms with Gasteiger partial charge in [0.25, 0.3) is 0 Å². The molecule has 2 rings (SSSR count). The van der Waals surface area contributed by atoms with E-state index in [0.717, 1.165) is 6.42 Å². The molecule has 0 saturated heterocycles. The quantitative estimate of drug-likeness (QED) is 0.860. The number of hydrogen-bond acceptors (Lipinski definition) is 2. The van der Waals surface area contributed by atoms with E-state index in [0.29, 0.717) is 0 Å². The molecule has 84 valence electrons. The lowest BCUT2D eigenvalue weighted by Gasteiger charge is -2.26. The lowest BCUT2D eigenvalue weighted by Crippen LogP contribution is -2.35. The maximum Gasteiger partial charge on any atom is 0.0432 e. The number of thiophene rings is 1. The molecule has 1 aromatic carbocycles. The van der Waals surface area contributed by atoms with Gasteiger partial charge < -0.3 is 5.73 Å². The summed E-state index contributed by atoms with van der Waals surface area (Å²) in [6.45, 7) is 4.23. The Labute approximate surface area is 101 Å². The number of aryl methyl sites for hydroxylation is 1. The SMILES string of the molecule is Cc1ccccc1C(C)(N)Cc1cccs1. The molecule has 0 aliphatic heterocycles. The predicted molar refractivity (Wildman–Crippen MR) is 70.7 cm³/mol. The first-order valence-corrected chi connectivity index (χ1v) is 6.35. The highest BCUT2D eigenvalue weighted by Gasteiger charge is 2.23. The van der Waals surface area contributed by atoms with Crippen LogP contribution in [0.2, 0.25) is 0 Å². The summed E-state index contributed by atoms with van der Waals surface area (Å²) in [5, 5.41) is 2.10. The monoisotopic (exact) mass is 231 g/mol. The van der Waals surface area contributed by atoms with Gasteiger partial charge in [-0.1, -0.05) is 30.3 Å². The van der Waals surface area contributed by atoms with Crippen molar-refractivity contribution in [1.82, 2.24) is 0 Å². The molecule has 2 N–H and O–H groups in total. The summed E-state index contributed by atoms with van der Waals surface area (Å²) >= 11 is 1.77. The fraction of sp³-hybridized carbons (Fsp3) is 0.286. The molecule has 0 aliphatic rings. The Bertz CT molecular complexity index is 457. The fourth-order valence-electron chi connectivity index (χ4n) is 2.08. The van der Waals surface area contributed by atoms with Crippen molar-refractivity contribution >= 4 is 11.3 Å². The third-order valence-electron chi connectivity index (χ3n) is 2.88. The van der Waals surface area contributed by atoms with Crippen molar-refractivity contribution < 1.29 is 0 Å². The van der Waals surface area contributed by atoms with Crippen LogP contribution in [0, 0.1) is 6.92 Å². The summed E-state index contributed by atoms with van der Waals surface area (Å²) in [6.07, 6.45) is 0.898. The highest BCUT2D eigenvalue weighted by atomic mass is 32.1. The predicted octanol–water partition coefficient (Wildman–Crippen LogP) is 3.47. The Morgan fingerprint density at radius 1 is 1.19 bits per heavy atom. The van der Waals surface area contributed by atoms with Crippen molar-refractivity contribution in [2.45, 2.75) is 25.8 Å². The minimum Gasteiger partial charge on any atom is -0.321 e. The van der Waals surface area contributed by atoms with Gasteiger partial charge in [0.15, 0.2) is 0 Å². The molecular weight excluding hydrogens is 214 g/mol. The first kappa shape index (κ1) is 11.4. The van der Waals surface area contributed by atoms with Gasteiger partial charge in [0.2, 0.25) is 0 Å². The summed E-state index contributed by atoms with van der Waals surface area (Å²) in [5.74, 6) is 0. The average molecular weight is 231 g/mol. The van der Waals surface area contributed by atoms with Crippen LogP contribution in [0.4, 0.5) is 0 Å². The molecule has 0 spiro atoms. The van der Waals surface area contributed by atoms with Gasteiger partial charge in [-0.05, 0) is 36.4 Å². The zero-order chi connectivity index (χ0) is 11.6. The molecule has 0 radical (unpaired) electrons. The van der Waals surface area contributed by atoms with E-state index in [4.69, 9.17) is 5.73 Å². The number of rotatable bonds is 3. The van der Waals surface area contributed by atoms with Crippen molar-refractivity contribution in [1.29, 1.82) is 0 Å². The summed E-state index contributed by atoms with van der Waals surface area (Å²) in [5.41, 5.74) is 8.66. The van der Waals surface area contributed by atoms with Crippen LogP contribution in [-0.4, -0.2) is 0 Å². The molecule has 2 heteroatoms. The second-order valence-electron chi connectivity index (χ2n) is 4.49. The Kier molecular flexibility index (Phi) is 3.13. The lowest BCUT2D eigenvalue weighted by atomic mass is 9.86. The van der Waals surface area contributed by atoms with Crippen LogP contribution in [0.25, 0.3) is 0 Å². The highest BCUT2D eigenvalue weighted by Crippen LogP contribution is 2.27. The van der Waals surface area contributed by atoms with Crippen molar-refractivity contribution in [3.8, 4) is 0 Å². The summed E-state index contributed by atoms with van der Waals surface area (Å²) in [7, 11) is 0.